The van der Waals surface area contributed by atoms with Crippen LogP contribution < -0.4 is 15.4 Å². The van der Waals surface area contributed by atoms with E-state index in [2.05, 4.69) is 30.8 Å². The minimum atomic E-state index is -0.0448. The van der Waals surface area contributed by atoms with Crippen molar-refractivity contribution in [1.82, 2.24) is 0 Å². The summed E-state index contributed by atoms with van der Waals surface area (Å²) in [6, 6.07) is 5.49. The van der Waals surface area contributed by atoms with E-state index in [1.165, 1.54) is 0 Å². The van der Waals surface area contributed by atoms with Crippen molar-refractivity contribution in [1.29, 1.82) is 0 Å². The minimum Gasteiger partial charge on any atom is -0.497 e. The summed E-state index contributed by atoms with van der Waals surface area (Å²) in [5.74, 6) is 0.833. The van der Waals surface area contributed by atoms with Crippen molar-refractivity contribution in [2.24, 2.45) is 10.9 Å². The predicted octanol–water partition coefficient (Wildman–Crippen LogP) is 2.41. The topological polar surface area (TPSA) is 71.1 Å². The van der Waals surface area contributed by atoms with E-state index in [9.17, 15) is 0 Å². The fourth-order valence-electron chi connectivity index (χ4n) is 1.75. The van der Waals surface area contributed by atoms with Crippen LogP contribution in [0.1, 0.15) is 32.8 Å². The van der Waals surface area contributed by atoms with Crippen LogP contribution in [-0.2, 0) is 0 Å². The Morgan fingerprint density at radius 1 is 1.47 bits per heavy atom. The number of oxime groups is 1. The average molecular weight is 265 g/mol. The monoisotopic (exact) mass is 265 g/mol. The van der Waals surface area contributed by atoms with Crippen molar-refractivity contribution in [2.75, 3.05) is 19.1 Å². The number of nitrogens with zero attached hydrogens (tertiary/aromatic N) is 2. The molecular weight excluding hydrogens is 242 g/mol. The number of ether oxygens (including phenoxy) is 1. The molecule has 0 heterocycles. The highest BCUT2D eigenvalue weighted by Gasteiger charge is 2.24. The average Bonchev–Trinajstić information content (AvgIpc) is 2.44. The second kappa shape index (κ2) is 5.82. The summed E-state index contributed by atoms with van der Waals surface area (Å²) in [5.41, 5.74) is 7.26. The highest BCUT2D eigenvalue weighted by Crippen LogP contribution is 2.31. The summed E-state index contributed by atoms with van der Waals surface area (Å²) >= 11 is 0. The zero-order chi connectivity index (χ0) is 14.6. The molecule has 1 rings (SSSR count). The van der Waals surface area contributed by atoms with Crippen LogP contribution in [0.2, 0.25) is 0 Å². The second-order valence-corrected chi connectivity index (χ2v) is 5.09. The summed E-state index contributed by atoms with van der Waals surface area (Å²) < 4.78 is 5.25. The van der Waals surface area contributed by atoms with E-state index in [1.54, 1.807) is 19.2 Å². The van der Waals surface area contributed by atoms with E-state index in [1.807, 2.05) is 13.1 Å². The number of benzene rings is 1. The van der Waals surface area contributed by atoms with Crippen LogP contribution in [0, 0.1) is 0 Å². The van der Waals surface area contributed by atoms with E-state index >= 15 is 0 Å². The predicted molar refractivity (Wildman–Crippen MR) is 78.3 cm³/mol. The number of methoxy groups -OCH3 is 1. The lowest BCUT2D eigenvalue weighted by molar-refractivity contribution is 0.318. The highest BCUT2D eigenvalue weighted by atomic mass is 16.5. The lowest BCUT2D eigenvalue weighted by atomic mass is 9.97. The molecule has 106 valence electrons. The van der Waals surface area contributed by atoms with Gasteiger partial charge in [-0.1, -0.05) is 12.1 Å². The third-order valence-electron chi connectivity index (χ3n) is 3.72. The summed E-state index contributed by atoms with van der Waals surface area (Å²) in [4.78, 5) is 2.11. The first-order chi connectivity index (χ1) is 8.87. The second-order valence-electron chi connectivity index (χ2n) is 5.09. The SMILES string of the molecule is CCC(C)(C)N(C)c1cc(OC)ccc1/C(N)=N/O. The molecule has 0 aliphatic rings. The van der Waals surface area contributed by atoms with Gasteiger partial charge in [0.2, 0.25) is 0 Å². The number of hydrogen-bond donors (Lipinski definition) is 2. The van der Waals surface area contributed by atoms with E-state index in [-0.39, 0.29) is 11.4 Å². The van der Waals surface area contributed by atoms with Crippen LogP contribution in [0.25, 0.3) is 0 Å². The molecule has 0 aliphatic carbocycles. The first kappa shape index (κ1) is 15.1. The summed E-state index contributed by atoms with van der Waals surface area (Å²) in [6.45, 7) is 6.41. The molecule has 0 radical (unpaired) electrons. The van der Waals surface area contributed by atoms with Gasteiger partial charge in [0.05, 0.1) is 12.8 Å². The molecule has 19 heavy (non-hydrogen) atoms. The van der Waals surface area contributed by atoms with Crippen molar-refractivity contribution in [3.63, 3.8) is 0 Å². The molecule has 5 heteroatoms. The number of hydrogen-bond acceptors (Lipinski definition) is 4. The number of nitrogens with two attached hydrogens (primary N) is 1. The van der Waals surface area contributed by atoms with Gasteiger partial charge in [-0.2, -0.15) is 0 Å². The Labute approximate surface area is 114 Å². The third kappa shape index (κ3) is 3.10. The molecule has 0 spiro atoms. The van der Waals surface area contributed by atoms with Crippen molar-refractivity contribution in [3.8, 4) is 5.75 Å². The smallest absolute Gasteiger partial charge is 0.172 e. The van der Waals surface area contributed by atoms with Gasteiger partial charge in [0.1, 0.15) is 5.75 Å². The first-order valence-corrected chi connectivity index (χ1v) is 6.27. The van der Waals surface area contributed by atoms with Gasteiger partial charge < -0.3 is 20.6 Å². The Kier molecular flexibility index (Phi) is 4.64. The molecule has 1 aromatic carbocycles. The van der Waals surface area contributed by atoms with Crippen LogP contribution in [0.4, 0.5) is 5.69 Å². The lowest BCUT2D eigenvalue weighted by Gasteiger charge is -2.38. The van der Waals surface area contributed by atoms with E-state index in [4.69, 9.17) is 15.7 Å². The molecule has 0 saturated heterocycles. The van der Waals surface area contributed by atoms with Crippen LogP contribution in [-0.4, -0.2) is 30.7 Å². The van der Waals surface area contributed by atoms with Crippen molar-refractivity contribution in [2.45, 2.75) is 32.7 Å². The lowest BCUT2D eigenvalue weighted by Crippen LogP contribution is -2.41. The minimum absolute atomic E-state index is 0.0448. The molecule has 3 N–H and O–H groups in total. The largest absolute Gasteiger partial charge is 0.497 e. The maximum atomic E-state index is 8.89. The molecule has 1 aromatic rings. The highest BCUT2D eigenvalue weighted by molar-refractivity contribution is 6.02. The Morgan fingerprint density at radius 3 is 2.58 bits per heavy atom. The fraction of sp³-hybridized carbons (Fsp3) is 0.500. The van der Waals surface area contributed by atoms with E-state index < -0.39 is 0 Å². The van der Waals surface area contributed by atoms with Crippen LogP contribution in [0.15, 0.2) is 23.4 Å². The van der Waals surface area contributed by atoms with Crippen LogP contribution in [0.5, 0.6) is 5.75 Å². The van der Waals surface area contributed by atoms with Gasteiger partial charge in [0, 0.05) is 24.2 Å². The Morgan fingerprint density at radius 2 is 2.11 bits per heavy atom. The van der Waals surface area contributed by atoms with Crippen molar-refractivity contribution >= 4 is 11.5 Å². The number of amidine groups is 1. The quantitative estimate of drug-likeness (QED) is 0.371. The zero-order valence-corrected chi connectivity index (χ0v) is 12.3. The van der Waals surface area contributed by atoms with Crippen molar-refractivity contribution < 1.29 is 9.94 Å². The molecule has 0 aliphatic heterocycles. The fourth-order valence-corrected chi connectivity index (χ4v) is 1.75. The Balaban J connectivity index is 3.37. The number of rotatable bonds is 5. The standard InChI is InChI=1S/C14H23N3O2/c1-6-14(2,3)17(4)12-9-10(19-5)7-8-11(12)13(15)16-18/h7-9,18H,6H2,1-5H3,(H2,15,16). The Bertz CT molecular complexity index is 470. The molecule has 0 atom stereocenters. The molecule has 0 fully saturated rings. The third-order valence-corrected chi connectivity index (χ3v) is 3.72. The number of anilines is 1. The van der Waals surface area contributed by atoms with Crippen LogP contribution in [0.3, 0.4) is 0 Å². The van der Waals surface area contributed by atoms with Gasteiger partial charge in [-0.3, -0.25) is 0 Å². The summed E-state index contributed by atoms with van der Waals surface area (Å²) in [6.07, 6.45) is 0.969. The van der Waals surface area contributed by atoms with E-state index in [0.29, 0.717) is 5.56 Å². The maximum absolute atomic E-state index is 8.89. The molecular formula is C14H23N3O2. The summed E-state index contributed by atoms with van der Waals surface area (Å²) in [7, 11) is 3.61. The van der Waals surface area contributed by atoms with Gasteiger partial charge in [-0.25, -0.2) is 0 Å². The van der Waals surface area contributed by atoms with Crippen molar-refractivity contribution in [3.05, 3.63) is 23.8 Å². The molecule has 5 nitrogen and oxygen atoms in total. The van der Waals surface area contributed by atoms with Gasteiger partial charge in [-0.05, 0) is 32.4 Å². The Hall–Kier alpha value is -1.91. The first-order valence-electron chi connectivity index (χ1n) is 6.27. The maximum Gasteiger partial charge on any atom is 0.172 e. The van der Waals surface area contributed by atoms with Gasteiger partial charge in [0.25, 0.3) is 0 Å². The molecule has 0 bridgehead atoms. The van der Waals surface area contributed by atoms with Gasteiger partial charge in [-0.15, -0.1) is 0 Å². The summed E-state index contributed by atoms with van der Waals surface area (Å²) in [5, 5.41) is 12.0. The zero-order valence-electron chi connectivity index (χ0n) is 12.3. The van der Waals surface area contributed by atoms with Gasteiger partial charge >= 0.3 is 0 Å². The molecule has 0 unspecified atom stereocenters. The van der Waals surface area contributed by atoms with E-state index in [0.717, 1.165) is 17.9 Å². The van der Waals surface area contributed by atoms with Gasteiger partial charge in [0.15, 0.2) is 5.84 Å². The molecule has 0 saturated carbocycles. The molecule has 0 aromatic heterocycles. The normalized spacial score (nSPS) is 12.4. The molecule has 0 amide bonds. The van der Waals surface area contributed by atoms with Crippen LogP contribution >= 0.6 is 0 Å².